The Bertz CT molecular complexity index is 780. The molecule has 0 bridgehead atoms. The van der Waals surface area contributed by atoms with E-state index in [1.807, 2.05) is 0 Å². The number of hydrogen-bond acceptors (Lipinski definition) is 2. The number of hydrogen-bond donors (Lipinski definition) is 0. The number of aryl methyl sites for hydroxylation is 2. The molecule has 3 heteroatoms. The first-order valence-electron chi connectivity index (χ1n) is 8.51. The highest BCUT2D eigenvalue weighted by molar-refractivity contribution is 5.81. The molecule has 1 saturated heterocycles. The summed E-state index contributed by atoms with van der Waals surface area (Å²) in [5.74, 6) is 0. The van der Waals surface area contributed by atoms with Crippen LogP contribution in [0.15, 0.2) is 23.1 Å². The summed E-state index contributed by atoms with van der Waals surface area (Å²) in [6.45, 7) is 7.31. The average Bonchev–Trinajstić information content (AvgIpc) is 3.21. The van der Waals surface area contributed by atoms with Gasteiger partial charge in [0.05, 0.1) is 5.52 Å². The Morgan fingerprint density at radius 2 is 1.77 bits per heavy atom. The van der Waals surface area contributed by atoms with Crippen LogP contribution in [0.4, 0.5) is 0 Å². The van der Waals surface area contributed by atoms with Gasteiger partial charge in [0.25, 0.3) is 0 Å². The van der Waals surface area contributed by atoms with E-state index in [2.05, 4.69) is 41.6 Å². The lowest BCUT2D eigenvalue weighted by Gasteiger charge is -2.18. The van der Waals surface area contributed by atoms with Crippen molar-refractivity contribution < 1.29 is 0 Å². The lowest BCUT2D eigenvalue weighted by Crippen LogP contribution is -2.24. The van der Waals surface area contributed by atoms with Crippen molar-refractivity contribution in [3.05, 3.63) is 45.2 Å². The minimum atomic E-state index is 0.238. The Morgan fingerprint density at radius 3 is 2.45 bits per heavy atom. The number of likely N-dealkylation sites (tertiary alicyclic amines) is 1. The quantitative estimate of drug-likeness (QED) is 0.865. The summed E-state index contributed by atoms with van der Waals surface area (Å²) in [5.41, 5.74) is 4.83. The molecular weight excluding hydrogens is 272 g/mol. The number of benzene rings is 1. The van der Waals surface area contributed by atoms with E-state index in [9.17, 15) is 4.79 Å². The predicted molar refractivity (Wildman–Crippen MR) is 90.5 cm³/mol. The maximum absolute atomic E-state index is 12.9. The van der Waals surface area contributed by atoms with Gasteiger partial charge in [0.1, 0.15) is 0 Å². The fourth-order valence-electron chi connectivity index (χ4n) is 3.61. The van der Waals surface area contributed by atoms with Crippen LogP contribution in [0.2, 0.25) is 0 Å². The lowest BCUT2D eigenvalue weighted by atomic mass is 10.0. The Kier molecular flexibility index (Phi) is 3.33. The molecule has 0 radical (unpaired) electrons. The van der Waals surface area contributed by atoms with Gasteiger partial charge in [-0.3, -0.25) is 9.69 Å². The summed E-state index contributed by atoms with van der Waals surface area (Å²) in [5, 5.41) is 0.909. The van der Waals surface area contributed by atoms with Crippen LogP contribution in [0.3, 0.4) is 0 Å². The highest BCUT2D eigenvalue weighted by atomic mass is 16.1. The number of aromatic nitrogens is 1. The first kappa shape index (κ1) is 14.0. The van der Waals surface area contributed by atoms with Gasteiger partial charge in [0.2, 0.25) is 0 Å². The molecule has 2 aliphatic rings. The zero-order chi connectivity index (χ0) is 15.3. The Morgan fingerprint density at radius 1 is 1.09 bits per heavy atom. The summed E-state index contributed by atoms with van der Waals surface area (Å²) >= 11 is 0. The minimum absolute atomic E-state index is 0.238. The molecular formula is C19H24N2O. The summed E-state index contributed by atoms with van der Waals surface area (Å²) < 4.78 is 2.37. The largest absolute Gasteiger partial charge is 0.344 e. The monoisotopic (exact) mass is 296 g/mol. The van der Waals surface area contributed by atoms with Gasteiger partial charge in [-0.1, -0.05) is 0 Å². The molecule has 1 aliphatic heterocycles. The van der Waals surface area contributed by atoms with Crippen molar-refractivity contribution in [2.24, 2.45) is 0 Å². The third kappa shape index (κ3) is 2.38. The smallest absolute Gasteiger partial charge is 0.193 e. The van der Waals surface area contributed by atoms with E-state index in [1.54, 1.807) is 0 Å². The first-order valence-corrected chi connectivity index (χ1v) is 8.51. The molecule has 0 spiro atoms. The zero-order valence-electron chi connectivity index (χ0n) is 13.6. The second-order valence-electron chi connectivity index (χ2n) is 7.06. The summed E-state index contributed by atoms with van der Waals surface area (Å²) in [4.78, 5) is 15.4. The predicted octanol–water partition coefficient (Wildman–Crippen LogP) is 3.55. The van der Waals surface area contributed by atoms with Crippen molar-refractivity contribution in [1.82, 2.24) is 9.47 Å². The van der Waals surface area contributed by atoms with Gasteiger partial charge in [-0.25, -0.2) is 0 Å². The number of pyridine rings is 1. The molecule has 0 atom stereocenters. The average molecular weight is 296 g/mol. The Balaban J connectivity index is 1.88. The molecule has 116 valence electrons. The van der Waals surface area contributed by atoms with Crippen LogP contribution in [0.25, 0.3) is 10.9 Å². The molecule has 1 aliphatic carbocycles. The molecule has 22 heavy (non-hydrogen) atoms. The fourth-order valence-corrected chi connectivity index (χ4v) is 3.61. The van der Waals surface area contributed by atoms with Crippen molar-refractivity contribution in [1.29, 1.82) is 0 Å². The van der Waals surface area contributed by atoms with Gasteiger partial charge in [-0.15, -0.1) is 0 Å². The van der Waals surface area contributed by atoms with Crippen LogP contribution in [-0.4, -0.2) is 22.6 Å². The topological polar surface area (TPSA) is 25.2 Å². The second kappa shape index (κ2) is 5.24. The van der Waals surface area contributed by atoms with Crippen molar-refractivity contribution in [3.8, 4) is 0 Å². The summed E-state index contributed by atoms with van der Waals surface area (Å²) in [6.07, 6.45) is 7.17. The van der Waals surface area contributed by atoms with E-state index in [1.165, 1.54) is 36.8 Å². The Hall–Kier alpha value is -1.61. The van der Waals surface area contributed by atoms with E-state index < -0.39 is 0 Å². The van der Waals surface area contributed by atoms with E-state index >= 15 is 0 Å². The van der Waals surface area contributed by atoms with Crippen molar-refractivity contribution >= 4 is 10.9 Å². The van der Waals surface area contributed by atoms with Crippen LogP contribution >= 0.6 is 0 Å². The van der Waals surface area contributed by atoms with Crippen molar-refractivity contribution in [2.75, 3.05) is 13.1 Å². The molecule has 4 rings (SSSR count). The minimum Gasteiger partial charge on any atom is -0.344 e. The van der Waals surface area contributed by atoms with Crippen molar-refractivity contribution in [2.45, 2.75) is 52.1 Å². The van der Waals surface area contributed by atoms with Crippen LogP contribution in [0, 0.1) is 13.8 Å². The third-order valence-electron chi connectivity index (χ3n) is 5.25. The molecule has 0 N–H and O–H groups in total. The molecule has 0 unspecified atom stereocenters. The third-order valence-corrected chi connectivity index (χ3v) is 5.25. The second-order valence-corrected chi connectivity index (χ2v) is 7.06. The van der Waals surface area contributed by atoms with Gasteiger partial charge in [-0.2, -0.15) is 0 Å². The van der Waals surface area contributed by atoms with Gasteiger partial charge in [-0.05, 0) is 75.9 Å². The SMILES string of the molecule is Cc1cc2c(=O)c(CN3CCCC3)cn(C3CC3)c2cc1C. The van der Waals surface area contributed by atoms with E-state index in [4.69, 9.17) is 0 Å². The zero-order valence-corrected chi connectivity index (χ0v) is 13.6. The van der Waals surface area contributed by atoms with Gasteiger partial charge >= 0.3 is 0 Å². The van der Waals surface area contributed by atoms with Crippen molar-refractivity contribution in [3.63, 3.8) is 0 Å². The molecule has 1 aromatic heterocycles. The van der Waals surface area contributed by atoms with Gasteiger partial charge in [0, 0.05) is 29.7 Å². The Labute approximate surface area is 131 Å². The normalized spacial score (nSPS) is 19.2. The summed E-state index contributed by atoms with van der Waals surface area (Å²) in [7, 11) is 0. The highest BCUT2D eigenvalue weighted by Crippen LogP contribution is 2.37. The number of rotatable bonds is 3. The molecule has 2 aromatic rings. The molecule has 0 amide bonds. The standard InChI is InChI=1S/C19H24N2O/c1-13-9-17-18(10-14(13)2)21(16-5-6-16)12-15(19(17)22)11-20-7-3-4-8-20/h9-10,12,16H,3-8,11H2,1-2H3. The molecule has 2 heterocycles. The van der Waals surface area contributed by atoms with E-state index in [0.29, 0.717) is 6.04 Å². The molecule has 3 nitrogen and oxygen atoms in total. The van der Waals surface area contributed by atoms with Crippen LogP contribution in [0.5, 0.6) is 0 Å². The first-order chi connectivity index (χ1) is 10.6. The highest BCUT2D eigenvalue weighted by Gasteiger charge is 2.26. The number of nitrogens with zero attached hydrogens (tertiary/aromatic N) is 2. The maximum atomic E-state index is 12.9. The molecule has 1 saturated carbocycles. The number of fused-ring (bicyclic) bond motifs is 1. The summed E-state index contributed by atoms with van der Waals surface area (Å²) in [6, 6.07) is 4.89. The molecule has 2 fully saturated rings. The maximum Gasteiger partial charge on any atom is 0.193 e. The van der Waals surface area contributed by atoms with Crippen LogP contribution < -0.4 is 5.43 Å². The van der Waals surface area contributed by atoms with Crippen LogP contribution in [-0.2, 0) is 6.54 Å². The van der Waals surface area contributed by atoms with E-state index in [0.717, 1.165) is 36.1 Å². The molecule has 1 aromatic carbocycles. The lowest BCUT2D eigenvalue weighted by molar-refractivity contribution is 0.329. The van der Waals surface area contributed by atoms with E-state index in [-0.39, 0.29) is 5.43 Å². The van der Waals surface area contributed by atoms with Crippen LogP contribution in [0.1, 0.15) is 48.4 Å². The van der Waals surface area contributed by atoms with Gasteiger partial charge < -0.3 is 4.57 Å². The van der Waals surface area contributed by atoms with Gasteiger partial charge in [0.15, 0.2) is 5.43 Å². The fraction of sp³-hybridized carbons (Fsp3) is 0.526.